The lowest BCUT2D eigenvalue weighted by atomic mass is 10.1. The average molecular weight is 224 g/mol. The van der Waals surface area contributed by atoms with Crippen molar-refractivity contribution in [3.8, 4) is 0 Å². The first-order valence-electron chi connectivity index (χ1n) is 5.61. The molecule has 0 bridgehead atoms. The molecule has 3 heteroatoms. The summed E-state index contributed by atoms with van der Waals surface area (Å²) in [5.74, 6) is 0.638. The molecule has 0 fully saturated rings. The Balaban J connectivity index is 1.78. The molecule has 0 aliphatic carbocycles. The zero-order valence-electron chi connectivity index (χ0n) is 9.28. The summed E-state index contributed by atoms with van der Waals surface area (Å²) in [5, 5.41) is 0. The first-order chi connectivity index (χ1) is 8.43. The van der Waals surface area contributed by atoms with Crippen molar-refractivity contribution in [2.75, 3.05) is 6.54 Å². The predicted molar refractivity (Wildman–Crippen MR) is 65.9 cm³/mol. The molecular weight excluding hydrogens is 212 g/mol. The number of rotatable bonds is 2. The smallest absolute Gasteiger partial charge is 0.236 e. The van der Waals surface area contributed by atoms with Crippen molar-refractivity contribution in [1.82, 2.24) is 4.98 Å². The van der Waals surface area contributed by atoms with E-state index in [1.54, 1.807) is 6.20 Å². The molecule has 0 spiro atoms. The van der Waals surface area contributed by atoms with E-state index < -0.39 is 0 Å². The van der Waals surface area contributed by atoms with E-state index in [2.05, 4.69) is 22.1 Å². The molecule has 1 aliphatic rings. The van der Waals surface area contributed by atoms with Crippen molar-refractivity contribution in [2.45, 2.75) is 6.10 Å². The Morgan fingerprint density at radius 2 is 1.82 bits per heavy atom. The van der Waals surface area contributed by atoms with E-state index >= 15 is 0 Å². The summed E-state index contributed by atoms with van der Waals surface area (Å²) in [6.45, 7) is 0.663. The van der Waals surface area contributed by atoms with Crippen LogP contribution >= 0.6 is 0 Å². The van der Waals surface area contributed by atoms with Crippen LogP contribution in [0, 0.1) is 0 Å². The van der Waals surface area contributed by atoms with Gasteiger partial charge in [-0.05, 0) is 17.7 Å². The summed E-state index contributed by atoms with van der Waals surface area (Å²) in [5.41, 5.74) is 1.95. The number of hydrogen-bond acceptors (Lipinski definition) is 3. The topological polar surface area (TPSA) is 34.5 Å². The standard InChI is InChI=1S/C14H12N2O/c1-2-6-11(7-3-1)13-10-16-14(17-13)12-8-4-5-9-15-12/h1-9,13H,10H2. The quantitative estimate of drug-likeness (QED) is 0.785. The summed E-state index contributed by atoms with van der Waals surface area (Å²) in [4.78, 5) is 8.63. The van der Waals surface area contributed by atoms with Crippen LogP contribution in [0.2, 0.25) is 0 Å². The lowest BCUT2D eigenvalue weighted by molar-refractivity contribution is 0.230. The molecule has 1 aromatic carbocycles. The molecule has 1 aromatic heterocycles. The van der Waals surface area contributed by atoms with E-state index in [4.69, 9.17) is 4.74 Å². The fraction of sp³-hybridized carbons (Fsp3) is 0.143. The number of nitrogens with zero attached hydrogens (tertiary/aromatic N) is 2. The van der Waals surface area contributed by atoms with Gasteiger partial charge in [-0.2, -0.15) is 0 Å². The summed E-state index contributed by atoms with van der Waals surface area (Å²) >= 11 is 0. The van der Waals surface area contributed by atoms with Crippen LogP contribution in [0.25, 0.3) is 0 Å². The van der Waals surface area contributed by atoms with Gasteiger partial charge in [-0.25, -0.2) is 4.99 Å². The Bertz CT molecular complexity index is 522. The Hall–Kier alpha value is -2.16. The molecule has 0 saturated carbocycles. The molecule has 2 heterocycles. The number of aliphatic imine (C=N–C) groups is 1. The largest absolute Gasteiger partial charge is 0.466 e. The van der Waals surface area contributed by atoms with Crippen LogP contribution in [0.3, 0.4) is 0 Å². The minimum Gasteiger partial charge on any atom is -0.466 e. The van der Waals surface area contributed by atoms with Gasteiger partial charge in [-0.15, -0.1) is 0 Å². The average Bonchev–Trinajstić information content (AvgIpc) is 2.90. The fourth-order valence-electron chi connectivity index (χ4n) is 1.85. The van der Waals surface area contributed by atoms with Crippen molar-refractivity contribution >= 4 is 5.90 Å². The van der Waals surface area contributed by atoms with Gasteiger partial charge in [0.2, 0.25) is 5.90 Å². The van der Waals surface area contributed by atoms with Gasteiger partial charge in [0, 0.05) is 6.20 Å². The maximum Gasteiger partial charge on any atom is 0.236 e. The van der Waals surface area contributed by atoms with E-state index in [-0.39, 0.29) is 6.10 Å². The summed E-state index contributed by atoms with van der Waals surface area (Å²) in [7, 11) is 0. The number of ether oxygens (including phenoxy) is 1. The van der Waals surface area contributed by atoms with E-state index in [0.717, 1.165) is 11.3 Å². The van der Waals surface area contributed by atoms with Gasteiger partial charge in [0.25, 0.3) is 0 Å². The molecular formula is C14H12N2O. The minimum atomic E-state index is 0.0215. The number of pyridine rings is 1. The van der Waals surface area contributed by atoms with Crippen molar-refractivity contribution in [1.29, 1.82) is 0 Å². The van der Waals surface area contributed by atoms with Crippen molar-refractivity contribution in [3.63, 3.8) is 0 Å². The first kappa shape index (κ1) is 10.0. The highest BCUT2D eigenvalue weighted by Gasteiger charge is 2.22. The fourth-order valence-corrected chi connectivity index (χ4v) is 1.85. The summed E-state index contributed by atoms with van der Waals surface area (Å²) in [6, 6.07) is 15.9. The van der Waals surface area contributed by atoms with E-state index in [1.165, 1.54) is 0 Å². The second kappa shape index (κ2) is 4.37. The van der Waals surface area contributed by atoms with Crippen LogP contribution in [0.15, 0.2) is 59.7 Å². The summed E-state index contributed by atoms with van der Waals surface area (Å²) in [6.07, 6.45) is 1.77. The Kier molecular flexibility index (Phi) is 2.58. The Labute approximate surface area is 99.8 Å². The molecule has 1 atom stereocenters. The van der Waals surface area contributed by atoms with Crippen LogP contribution in [-0.2, 0) is 4.74 Å². The highest BCUT2D eigenvalue weighted by Crippen LogP contribution is 2.24. The molecule has 2 aromatic rings. The minimum absolute atomic E-state index is 0.0215. The number of hydrogen-bond donors (Lipinski definition) is 0. The van der Waals surface area contributed by atoms with Crippen LogP contribution in [0.4, 0.5) is 0 Å². The van der Waals surface area contributed by atoms with Crippen molar-refractivity contribution < 1.29 is 4.74 Å². The predicted octanol–water partition coefficient (Wildman–Crippen LogP) is 2.60. The molecule has 0 saturated heterocycles. The van der Waals surface area contributed by atoms with Gasteiger partial charge in [0.1, 0.15) is 11.8 Å². The number of benzene rings is 1. The SMILES string of the molecule is c1ccc(C2CN=C(c3ccccn3)O2)cc1. The summed E-state index contributed by atoms with van der Waals surface area (Å²) < 4.78 is 5.82. The molecule has 1 unspecified atom stereocenters. The monoisotopic (exact) mass is 224 g/mol. The van der Waals surface area contributed by atoms with Gasteiger partial charge in [-0.1, -0.05) is 36.4 Å². The second-order valence-electron chi connectivity index (χ2n) is 3.88. The Morgan fingerprint density at radius 3 is 2.59 bits per heavy atom. The lowest BCUT2D eigenvalue weighted by Crippen LogP contribution is -2.07. The van der Waals surface area contributed by atoms with Crippen LogP contribution in [-0.4, -0.2) is 17.4 Å². The molecule has 0 amide bonds. The third kappa shape index (κ3) is 2.04. The highest BCUT2D eigenvalue weighted by molar-refractivity contribution is 5.93. The van der Waals surface area contributed by atoms with E-state index in [9.17, 15) is 0 Å². The normalized spacial score (nSPS) is 18.6. The third-order valence-corrected chi connectivity index (χ3v) is 2.71. The van der Waals surface area contributed by atoms with Crippen LogP contribution < -0.4 is 0 Å². The molecule has 0 radical (unpaired) electrons. The van der Waals surface area contributed by atoms with E-state index in [0.29, 0.717) is 12.4 Å². The maximum atomic E-state index is 5.82. The maximum absolute atomic E-state index is 5.82. The van der Waals surface area contributed by atoms with Crippen LogP contribution in [0.5, 0.6) is 0 Å². The van der Waals surface area contributed by atoms with Crippen LogP contribution in [0.1, 0.15) is 17.4 Å². The van der Waals surface area contributed by atoms with Crippen molar-refractivity contribution in [2.24, 2.45) is 4.99 Å². The zero-order valence-corrected chi connectivity index (χ0v) is 9.28. The molecule has 84 valence electrons. The molecule has 3 nitrogen and oxygen atoms in total. The molecule has 0 N–H and O–H groups in total. The highest BCUT2D eigenvalue weighted by atomic mass is 16.5. The Morgan fingerprint density at radius 1 is 1.00 bits per heavy atom. The zero-order chi connectivity index (χ0) is 11.5. The molecule has 17 heavy (non-hydrogen) atoms. The first-order valence-corrected chi connectivity index (χ1v) is 5.61. The second-order valence-corrected chi connectivity index (χ2v) is 3.88. The molecule has 1 aliphatic heterocycles. The number of aromatic nitrogens is 1. The van der Waals surface area contributed by atoms with E-state index in [1.807, 2.05) is 36.4 Å². The lowest BCUT2D eigenvalue weighted by Gasteiger charge is -2.10. The van der Waals surface area contributed by atoms with Crippen molar-refractivity contribution in [3.05, 3.63) is 66.0 Å². The van der Waals surface area contributed by atoms with Gasteiger partial charge >= 0.3 is 0 Å². The van der Waals surface area contributed by atoms with Gasteiger partial charge in [0.15, 0.2) is 0 Å². The van der Waals surface area contributed by atoms with Gasteiger partial charge in [-0.3, -0.25) is 4.98 Å². The van der Waals surface area contributed by atoms with Gasteiger partial charge < -0.3 is 4.74 Å². The van der Waals surface area contributed by atoms with Gasteiger partial charge in [0.05, 0.1) is 6.54 Å². The third-order valence-electron chi connectivity index (χ3n) is 2.71. The molecule has 3 rings (SSSR count).